The Morgan fingerprint density at radius 2 is 1.68 bits per heavy atom. The molecule has 0 spiro atoms. The molecule has 0 N–H and O–H groups in total. The van der Waals surface area contributed by atoms with E-state index in [1.54, 1.807) is 6.08 Å². The molecule has 0 saturated carbocycles. The number of imide groups is 1. The van der Waals surface area contributed by atoms with E-state index in [0.717, 1.165) is 26.5 Å². The largest absolute Gasteiger partial charge is 0.293 e. The Bertz CT molecular complexity index is 741. The minimum atomic E-state index is -0.225. The third-order valence-corrected chi connectivity index (χ3v) is 4.85. The van der Waals surface area contributed by atoms with Crippen molar-refractivity contribution in [3.63, 3.8) is 0 Å². The summed E-state index contributed by atoms with van der Waals surface area (Å²) in [6, 6.07) is 17.3. The van der Waals surface area contributed by atoms with E-state index in [1.165, 1.54) is 4.90 Å². The second kappa shape index (κ2) is 6.66. The van der Waals surface area contributed by atoms with Crippen LogP contribution in [-0.4, -0.2) is 16.0 Å². The number of amides is 2. The summed E-state index contributed by atoms with van der Waals surface area (Å²) in [6.07, 6.45) is 1.77. The molecule has 1 fully saturated rings. The smallest absolute Gasteiger partial charge is 0.268 e. The van der Waals surface area contributed by atoms with Crippen molar-refractivity contribution in [3.05, 3.63) is 74.2 Å². The van der Waals surface area contributed by atoms with Crippen molar-refractivity contribution in [2.45, 2.75) is 6.54 Å². The molecular formula is C17H12INO2S. The molecule has 2 aromatic rings. The lowest BCUT2D eigenvalue weighted by Gasteiger charge is -2.12. The number of benzene rings is 2. The van der Waals surface area contributed by atoms with E-state index in [2.05, 4.69) is 22.6 Å². The van der Waals surface area contributed by atoms with Gasteiger partial charge in [0.1, 0.15) is 0 Å². The van der Waals surface area contributed by atoms with Crippen LogP contribution in [0.2, 0.25) is 0 Å². The number of nitrogens with zero attached hydrogens (tertiary/aromatic N) is 1. The van der Waals surface area contributed by atoms with Crippen LogP contribution in [0.25, 0.3) is 6.08 Å². The molecule has 0 atom stereocenters. The molecule has 1 heterocycles. The van der Waals surface area contributed by atoms with Crippen LogP contribution in [0.4, 0.5) is 4.79 Å². The molecule has 110 valence electrons. The molecule has 0 unspecified atom stereocenters. The lowest BCUT2D eigenvalue weighted by molar-refractivity contribution is -0.123. The number of carbonyl (C=O) groups excluding carboxylic acids is 2. The van der Waals surface area contributed by atoms with Gasteiger partial charge in [-0.2, -0.15) is 0 Å². The normalized spacial score (nSPS) is 16.6. The molecule has 0 aliphatic carbocycles. The van der Waals surface area contributed by atoms with Crippen molar-refractivity contribution in [2.75, 3.05) is 0 Å². The molecule has 3 rings (SSSR count). The summed E-state index contributed by atoms with van der Waals surface area (Å²) in [5.41, 5.74) is 1.87. The zero-order valence-corrected chi connectivity index (χ0v) is 14.5. The van der Waals surface area contributed by atoms with Crippen LogP contribution in [0.5, 0.6) is 0 Å². The van der Waals surface area contributed by atoms with Crippen LogP contribution in [0.1, 0.15) is 11.1 Å². The molecule has 22 heavy (non-hydrogen) atoms. The molecule has 1 aliphatic heterocycles. The first-order valence-electron chi connectivity index (χ1n) is 6.68. The molecule has 3 nitrogen and oxygen atoms in total. The highest BCUT2D eigenvalue weighted by Gasteiger charge is 2.34. The van der Waals surface area contributed by atoms with Gasteiger partial charge in [-0.3, -0.25) is 14.5 Å². The minimum Gasteiger partial charge on any atom is -0.268 e. The van der Waals surface area contributed by atoms with E-state index in [9.17, 15) is 9.59 Å². The van der Waals surface area contributed by atoms with Crippen molar-refractivity contribution in [1.29, 1.82) is 0 Å². The first-order chi connectivity index (χ1) is 10.6. The predicted molar refractivity (Wildman–Crippen MR) is 97.1 cm³/mol. The van der Waals surface area contributed by atoms with Gasteiger partial charge in [-0.1, -0.05) is 42.5 Å². The van der Waals surface area contributed by atoms with Crippen molar-refractivity contribution in [1.82, 2.24) is 4.90 Å². The van der Waals surface area contributed by atoms with Gasteiger partial charge >= 0.3 is 0 Å². The van der Waals surface area contributed by atoms with E-state index in [0.29, 0.717) is 11.4 Å². The van der Waals surface area contributed by atoms with Crippen LogP contribution in [0.15, 0.2) is 59.5 Å². The van der Waals surface area contributed by atoms with Crippen molar-refractivity contribution >= 4 is 51.6 Å². The summed E-state index contributed by atoms with van der Waals surface area (Å²) >= 11 is 3.23. The van der Waals surface area contributed by atoms with E-state index < -0.39 is 0 Å². The van der Waals surface area contributed by atoms with E-state index in [-0.39, 0.29) is 11.1 Å². The second-order valence-corrected chi connectivity index (χ2v) is 7.04. The standard InChI is InChI=1S/C17H12INO2S/c18-14-8-6-12(7-9-14)10-15-16(20)19(17(21)22-15)11-13-4-2-1-3-5-13/h1-10H,11H2/b15-10-. The Hall–Kier alpha value is -1.60. The van der Waals surface area contributed by atoms with Crippen LogP contribution >= 0.6 is 34.4 Å². The quantitative estimate of drug-likeness (QED) is 0.540. The minimum absolute atomic E-state index is 0.217. The fourth-order valence-corrected chi connectivity index (χ4v) is 3.31. The molecule has 2 aromatic carbocycles. The van der Waals surface area contributed by atoms with Crippen molar-refractivity contribution in [3.8, 4) is 0 Å². The molecule has 0 aromatic heterocycles. The number of hydrogen-bond acceptors (Lipinski definition) is 3. The molecule has 5 heteroatoms. The highest BCUT2D eigenvalue weighted by molar-refractivity contribution is 14.1. The van der Waals surface area contributed by atoms with Gasteiger partial charge < -0.3 is 0 Å². The van der Waals surface area contributed by atoms with Crippen molar-refractivity contribution in [2.24, 2.45) is 0 Å². The van der Waals surface area contributed by atoms with Crippen LogP contribution in [0.3, 0.4) is 0 Å². The maximum absolute atomic E-state index is 12.4. The van der Waals surface area contributed by atoms with Gasteiger partial charge in [0, 0.05) is 3.57 Å². The number of rotatable bonds is 3. The average Bonchev–Trinajstić information content (AvgIpc) is 2.78. The number of carbonyl (C=O) groups is 2. The van der Waals surface area contributed by atoms with Gasteiger partial charge in [-0.25, -0.2) is 0 Å². The maximum Gasteiger partial charge on any atom is 0.293 e. The fourth-order valence-electron chi connectivity index (χ4n) is 2.11. The molecule has 1 saturated heterocycles. The Kier molecular flexibility index (Phi) is 4.63. The lowest BCUT2D eigenvalue weighted by atomic mass is 10.2. The topological polar surface area (TPSA) is 37.4 Å². The van der Waals surface area contributed by atoms with Crippen LogP contribution < -0.4 is 0 Å². The van der Waals surface area contributed by atoms with Crippen LogP contribution in [-0.2, 0) is 11.3 Å². The molecule has 2 amide bonds. The zero-order valence-electron chi connectivity index (χ0n) is 11.5. The van der Waals surface area contributed by atoms with Gasteiger partial charge in [-0.15, -0.1) is 0 Å². The summed E-state index contributed by atoms with van der Waals surface area (Å²) in [4.78, 5) is 26.2. The predicted octanol–water partition coefficient (Wildman–Crippen LogP) is 4.53. The van der Waals surface area contributed by atoms with Gasteiger partial charge in [0.05, 0.1) is 11.4 Å². The third kappa shape index (κ3) is 3.41. The van der Waals surface area contributed by atoms with Gasteiger partial charge in [0.15, 0.2) is 0 Å². The number of halogens is 1. The Balaban J connectivity index is 1.80. The van der Waals surface area contributed by atoms with Gasteiger partial charge in [-0.05, 0) is 63.7 Å². The summed E-state index contributed by atoms with van der Waals surface area (Å²) in [5.74, 6) is -0.225. The highest BCUT2D eigenvalue weighted by atomic mass is 127. The maximum atomic E-state index is 12.4. The Labute approximate surface area is 146 Å². The fraction of sp³-hybridized carbons (Fsp3) is 0.0588. The number of thioether (sulfide) groups is 1. The summed E-state index contributed by atoms with van der Waals surface area (Å²) in [7, 11) is 0. The molecular weight excluding hydrogens is 409 g/mol. The van der Waals surface area contributed by atoms with E-state index in [4.69, 9.17) is 0 Å². The highest BCUT2D eigenvalue weighted by Crippen LogP contribution is 2.33. The summed E-state index contributed by atoms with van der Waals surface area (Å²) in [5, 5.41) is -0.217. The Morgan fingerprint density at radius 1 is 1.00 bits per heavy atom. The molecule has 1 aliphatic rings. The zero-order chi connectivity index (χ0) is 15.5. The Morgan fingerprint density at radius 3 is 2.36 bits per heavy atom. The summed E-state index contributed by atoms with van der Waals surface area (Å²) < 4.78 is 1.13. The third-order valence-electron chi connectivity index (χ3n) is 3.22. The van der Waals surface area contributed by atoms with Gasteiger partial charge in [0.25, 0.3) is 11.1 Å². The first kappa shape index (κ1) is 15.3. The monoisotopic (exact) mass is 421 g/mol. The molecule has 0 radical (unpaired) electrons. The first-order valence-corrected chi connectivity index (χ1v) is 8.58. The van der Waals surface area contributed by atoms with Crippen LogP contribution in [0, 0.1) is 3.57 Å². The van der Waals surface area contributed by atoms with Crippen molar-refractivity contribution < 1.29 is 9.59 Å². The number of hydrogen-bond donors (Lipinski definition) is 0. The molecule has 0 bridgehead atoms. The SMILES string of the molecule is O=C1S/C(=C\c2ccc(I)cc2)C(=O)N1Cc1ccccc1. The van der Waals surface area contributed by atoms with E-state index in [1.807, 2.05) is 54.6 Å². The van der Waals surface area contributed by atoms with Gasteiger partial charge in [0.2, 0.25) is 0 Å². The second-order valence-electron chi connectivity index (χ2n) is 4.81. The lowest BCUT2D eigenvalue weighted by Crippen LogP contribution is -2.27. The summed E-state index contributed by atoms with van der Waals surface area (Å²) in [6.45, 7) is 0.315. The average molecular weight is 421 g/mol. The van der Waals surface area contributed by atoms with E-state index >= 15 is 0 Å².